The number of allylic oxidation sites excluding steroid dienone is 3. The molecule has 39 heavy (non-hydrogen) atoms. The second-order valence-corrected chi connectivity index (χ2v) is 13.5. The van der Waals surface area contributed by atoms with Crippen LogP contribution in [0.2, 0.25) is 0 Å². The van der Waals surface area contributed by atoms with E-state index >= 15 is 0 Å². The van der Waals surface area contributed by atoms with Gasteiger partial charge in [0.1, 0.15) is 0 Å². The molecule has 0 saturated heterocycles. The van der Waals surface area contributed by atoms with Gasteiger partial charge in [-0.15, -0.1) is 11.3 Å². The van der Waals surface area contributed by atoms with E-state index in [0.29, 0.717) is 35.9 Å². The maximum Gasteiger partial charge on any atom is 0.407 e. The predicted molar refractivity (Wildman–Crippen MR) is 151 cm³/mol. The molecule has 10 nitrogen and oxygen atoms in total. The van der Waals surface area contributed by atoms with Gasteiger partial charge in [0.05, 0.1) is 33.7 Å². The number of aromatic amines is 1. The van der Waals surface area contributed by atoms with Crippen LogP contribution in [-0.2, 0) is 14.8 Å². The predicted octanol–water partition coefficient (Wildman–Crippen LogP) is 4.38. The van der Waals surface area contributed by atoms with Crippen LogP contribution in [0.4, 0.5) is 10.5 Å². The molecular formula is C27H33N5O5S2. The topological polar surface area (TPSA) is 143 Å². The fourth-order valence-electron chi connectivity index (χ4n) is 4.79. The summed E-state index contributed by atoms with van der Waals surface area (Å²) >= 11 is 1.60. The van der Waals surface area contributed by atoms with Crippen molar-refractivity contribution < 1.29 is 17.9 Å². The minimum Gasteiger partial charge on any atom is -0.447 e. The number of carbonyl (C=O) groups is 1. The maximum absolute atomic E-state index is 12.9. The van der Waals surface area contributed by atoms with E-state index in [4.69, 9.17) is 9.72 Å². The molecule has 3 aliphatic rings. The Morgan fingerprint density at radius 3 is 2.62 bits per heavy atom. The second-order valence-electron chi connectivity index (χ2n) is 10.5. The summed E-state index contributed by atoms with van der Waals surface area (Å²) in [5.41, 5.74) is 1.47. The summed E-state index contributed by atoms with van der Waals surface area (Å²) in [6.07, 6.45) is 13.2. The third-order valence-corrected chi connectivity index (χ3v) is 10.0. The van der Waals surface area contributed by atoms with Gasteiger partial charge in [-0.1, -0.05) is 6.08 Å². The van der Waals surface area contributed by atoms with Gasteiger partial charge in [-0.3, -0.25) is 9.52 Å². The van der Waals surface area contributed by atoms with Crippen LogP contribution in [0.1, 0.15) is 74.1 Å². The van der Waals surface area contributed by atoms with Gasteiger partial charge in [-0.05, 0) is 70.6 Å². The average molecular weight is 572 g/mol. The van der Waals surface area contributed by atoms with Gasteiger partial charge in [0.15, 0.2) is 0 Å². The molecule has 5 rings (SSSR count). The highest BCUT2D eigenvalue weighted by atomic mass is 32.2. The lowest BCUT2D eigenvalue weighted by atomic mass is 9.86. The molecule has 2 aromatic heterocycles. The van der Waals surface area contributed by atoms with Crippen molar-refractivity contribution in [3.63, 3.8) is 0 Å². The first-order chi connectivity index (χ1) is 18.7. The number of thiazole rings is 1. The molecule has 0 bridgehead atoms. The number of sulfonamides is 1. The SMILES string of the molecule is CC(C)OC(=O)NC1CCC(c2ncc(C3C=CC(=Nc4ccc(=O)[nH]c4)C=C3NS(=O)(=O)C3CC3)s2)CC1. The van der Waals surface area contributed by atoms with E-state index in [2.05, 4.69) is 20.0 Å². The number of H-pyrrole nitrogens is 1. The average Bonchev–Trinajstić information content (AvgIpc) is 3.64. The molecule has 12 heteroatoms. The number of aliphatic imine (C=N–C) groups is 1. The normalized spacial score (nSPS) is 24.4. The van der Waals surface area contributed by atoms with E-state index in [-0.39, 0.29) is 35.0 Å². The lowest BCUT2D eigenvalue weighted by Crippen LogP contribution is -2.38. The fourth-order valence-corrected chi connectivity index (χ4v) is 7.41. The van der Waals surface area contributed by atoms with Gasteiger partial charge in [0, 0.05) is 41.0 Å². The van der Waals surface area contributed by atoms with Crippen molar-refractivity contribution in [1.29, 1.82) is 0 Å². The van der Waals surface area contributed by atoms with E-state index in [1.807, 2.05) is 32.2 Å². The summed E-state index contributed by atoms with van der Waals surface area (Å²) in [6, 6.07) is 3.11. The number of pyridine rings is 1. The monoisotopic (exact) mass is 571 g/mol. The van der Waals surface area contributed by atoms with Crippen LogP contribution >= 0.6 is 11.3 Å². The van der Waals surface area contributed by atoms with E-state index in [1.165, 1.54) is 12.3 Å². The van der Waals surface area contributed by atoms with Crippen LogP contribution < -0.4 is 15.6 Å². The molecule has 208 valence electrons. The molecule has 2 heterocycles. The Labute approximate surface area is 231 Å². The zero-order valence-electron chi connectivity index (χ0n) is 21.9. The Kier molecular flexibility index (Phi) is 8.03. The van der Waals surface area contributed by atoms with E-state index in [9.17, 15) is 18.0 Å². The highest BCUT2D eigenvalue weighted by molar-refractivity contribution is 7.90. The summed E-state index contributed by atoms with van der Waals surface area (Å²) in [6.45, 7) is 3.66. The third-order valence-electron chi connectivity index (χ3n) is 6.94. The van der Waals surface area contributed by atoms with E-state index in [0.717, 1.165) is 35.6 Å². The fraction of sp³-hybridized carbons (Fsp3) is 0.481. The van der Waals surface area contributed by atoms with Crippen molar-refractivity contribution in [3.8, 4) is 0 Å². The Hall–Kier alpha value is -3.25. The molecule has 0 aliphatic heterocycles. The van der Waals surface area contributed by atoms with Gasteiger partial charge in [-0.25, -0.2) is 23.2 Å². The van der Waals surface area contributed by atoms with Crippen molar-refractivity contribution >= 4 is 38.9 Å². The molecule has 0 radical (unpaired) electrons. The van der Waals surface area contributed by atoms with Gasteiger partial charge in [0.25, 0.3) is 0 Å². The molecule has 2 aromatic rings. The zero-order chi connectivity index (χ0) is 27.6. The lowest BCUT2D eigenvalue weighted by molar-refractivity contribution is 0.109. The molecule has 0 spiro atoms. The second kappa shape index (κ2) is 11.5. The molecule has 3 aliphatic carbocycles. The molecule has 3 N–H and O–H groups in total. The zero-order valence-corrected chi connectivity index (χ0v) is 23.6. The molecule has 2 fully saturated rings. The van der Waals surface area contributed by atoms with Crippen LogP contribution in [0.5, 0.6) is 0 Å². The van der Waals surface area contributed by atoms with Gasteiger partial charge < -0.3 is 15.0 Å². The number of amides is 1. The molecule has 1 amide bonds. The number of ether oxygens (including phenoxy) is 1. The van der Waals surface area contributed by atoms with Crippen molar-refractivity contribution in [2.45, 2.75) is 81.6 Å². The number of alkyl carbamates (subject to hydrolysis) is 1. The lowest BCUT2D eigenvalue weighted by Gasteiger charge is -2.28. The highest BCUT2D eigenvalue weighted by Gasteiger charge is 2.37. The standard InChI is InChI=1S/C27H33N5O5S2/c1-16(2)37-27(34)31-18-5-3-17(4-6-18)26-29-15-24(38-26)22-11-7-19(30-20-8-12-25(33)28-14-20)13-23(22)32-39(35,36)21-9-10-21/h7-8,11-18,21-22,32H,3-6,9-10H2,1-2H3,(H,28,33)(H,31,34). The Balaban J connectivity index is 1.30. The third kappa shape index (κ3) is 7.04. The van der Waals surface area contributed by atoms with Crippen molar-refractivity contribution in [3.05, 3.63) is 68.7 Å². The van der Waals surface area contributed by atoms with Gasteiger partial charge in [-0.2, -0.15) is 0 Å². The molecular weight excluding hydrogens is 538 g/mol. The molecule has 2 saturated carbocycles. The Morgan fingerprint density at radius 1 is 1.18 bits per heavy atom. The van der Waals surface area contributed by atoms with Crippen LogP contribution in [0, 0.1) is 0 Å². The minimum absolute atomic E-state index is 0.0970. The first-order valence-electron chi connectivity index (χ1n) is 13.3. The number of hydrogen-bond donors (Lipinski definition) is 3. The number of rotatable bonds is 8. The van der Waals surface area contributed by atoms with E-state index < -0.39 is 10.0 Å². The summed E-state index contributed by atoms with van der Waals surface area (Å²) in [4.78, 5) is 36.1. The Morgan fingerprint density at radius 2 is 1.95 bits per heavy atom. The van der Waals surface area contributed by atoms with Crippen LogP contribution in [0.15, 0.2) is 58.2 Å². The van der Waals surface area contributed by atoms with E-state index in [1.54, 1.807) is 23.5 Å². The first-order valence-corrected chi connectivity index (χ1v) is 15.6. The van der Waals surface area contributed by atoms with Crippen LogP contribution in [0.3, 0.4) is 0 Å². The van der Waals surface area contributed by atoms with Gasteiger partial charge >= 0.3 is 6.09 Å². The van der Waals surface area contributed by atoms with Crippen LogP contribution in [0.25, 0.3) is 0 Å². The first kappa shape index (κ1) is 27.3. The maximum atomic E-state index is 12.9. The number of hydrogen-bond acceptors (Lipinski definition) is 8. The molecule has 1 atom stereocenters. The number of carbonyl (C=O) groups excluding carboxylic acids is 1. The van der Waals surface area contributed by atoms with Gasteiger partial charge in [0.2, 0.25) is 15.6 Å². The number of nitrogens with zero attached hydrogens (tertiary/aromatic N) is 2. The highest BCUT2D eigenvalue weighted by Crippen LogP contribution is 2.39. The Bertz CT molecular complexity index is 1440. The van der Waals surface area contributed by atoms with Crippen molar-refractivity contribution in [2.75, 3.05) is 0 Å². The molecule has 1 unspecified atom stereocenters. The summed E-state index contributed by atoms with van der Waals surface area (Å²) in [5, 5.41) is 3.62. The van der Waals surface area contributed by atoms with Crippen molar-refractivity contribution in [1.82, 2.24) is 20.0 Å². The summed E-state index contributed by atoms with van der Waals surface area (Å²) in [5.74, 6) is 0.00606. The molecule has 0 aromatic carbocycles. The summed E-state index contributed by atoms with van der Waals surface area (Å²) < 4.78 is 33.7. The van der Waals surface area contributed by atoms with Crippen molar-refractivity contribution in [2.24, 2.45) is 4.99 Å². The number of aromatic nitrogens is 2. The largest absolute Gasteiger partial charge is 0.447 e. The number of nitrogens with one attached hydrogen (secondary N) is 3. The summed E-state index contributed by atoms with van der Waals surface area (Å²) in [7, 11) is -3.48. The van der Waals surface area contributed by atoms with Crippen LogP contribution in [-0.4, -0.2) is 47.6 Å². The smallest absolute Gasteiger partial charge is 0.407 e. The quantitative estimate of drug-likeness (QED) is 0.429. The minimum atomic E-state index is -3.48.